The van der Waals surface area contributed by atoms with Gasteiger partial charge in [0.2, 0.25) is 11.8 Å². The van der Waals surface area contributed by atoms with E-state index in [0.29, 0.717) is 13.1 Å². The quantitative estimate of drug-likeness (QED) is 0.801. The molecular formula is C22H27N3O3. The number of carbonyl (C=O) groups is 2. The Hall–Kier alpha value is -3.02. The van der Waals surface area contributed by atoms with Crippen molar-refractivity contribution in [3.63, 3.8) is 0 Å². The van der Waals surface area contributed by atoms with Gasteiger partial charge in [0.25, 0.3) is 0 Å². The molecule has 1 aliphatic rings. The number of methoxy groups -OCH3 is 1. The Labute approximate surface area is 166 Å². The number of amides is 2. The summed E-state index contributed by atoms with van der Waals surface area (Å²) in [7, 11) is 5.58. The normalized spacial score (nSPS) is 16.2. The van der Waals surface area contributed by atoms with Gasteiger partial charge < -0.3 is 19.9 Å². The fourth-order valence-electron chi connectivity index (χ4n) is 3.34. The van der Waals surface area contributed by atoms with Crippen molar-refractivity contribution in [2.45, 2.75) is 12.8 Å². The summed E-state index contributed by atoms with van der Waals surface area (Å²) in [4.78, 5) is 28.7. The van der Waals surface area contributed by atoms with Crippen molar-refractivity contribution in [3.8, 4) is 5.75 Å². The van der Waals surface area contributed by atoms with Crippen LogP contribution in [0.25, 0.3) is 0 Å². The average Bonchev–Trinajstić information content (AvgIpc) is 3.08. The standard InChI is InChI=1S/C22H27N3O3/c1-24(2)19-9-7-18(8-10-19)23-22(27)17-14-21(26)25(15-17)12-11-16-5-4-6-20(13-16)28-3/h4-10,13,17H,11-12,14-15H2,1-3H3,(H,23,27). The maximum Gasteiger partial charge on any atom is 0.229 e. The van der Waals surface area contributed by atoms with Crippen LogP contribution in [0.15, 0.2) is 48.5 Å². The van der Waals surface area contributed by atoms with Crippen molar-refractivity contribution in [1.29, 1.82) is 0 Å². The molecule has 0 saturated carbocycles. The van der Waals surface area contributed by atoms with Crippen LogP contribution in [0.4, 0.5) is 11.4 Å². The predicted molar refractivity (Wildman–Crippen MR) is 111 cm³/mol. The maximum absolute atomic E-state index is 12.6. The summed E-state index contributed by atoms with van der Waals surface area (Å²) >= 11 is 0. The van der Waals surface area contributed by atoms with Crippen LogP contribution in [0.2, 0.25) is 0 Å². The number of rotatable bonds is 7. The highest BCUT2D eigenvalue weighted by molar-refractivity contribution is 5.97. The van der Waals surface area contributed by atoms with Gasteiger partial charge in [-0.2, -0.15) is 0 Å². The van der Waals surface area contributed by atoms with E-state index in [2.05, 4.69) is 5.32 Å². The summed E-state index contributed by atoms with van der Waals surface area (Å²) in [6.07, 6.45) is 1.00. The molecular weight excluding hydrogens is 354 g/mol. The molecule has 2 amide bonds. The fraction of sp³-hybridized carbons (Fsp3) is 0.364. The number of nitrogens with one attached hydrogen (secondary N) is 1. The van der Waals surface area contributed by atoms with Crippen molar-refractivity contribution >= 4 is 23.2 Å². The molecule has 2 aromatic rings. The Morgan fingerprint density at radius 2 is 1.96 bits per heavy atom. The van der Waals surface area contributed by atoms with Crippen molar-refractivity contribution in [2.75, 3.05) is 44.5 Å². The van der Waals surface area contributed by atoms with E-state index in [4.69, 9.17) is 4.74 Å². The van der Waals surface area contributed by atoms with Crippen LogP contribution in [-0.2, 0) is 16.0 Å². The molecule has 0 aliphatic carbocycles. The average molecular weight is 381 g/mol. The van der Waals surface area contributed by atoms with Crippen molar-refractivity contribution in [2.24, 2.45) is 5.92 Å². The number of ether oxygens (including phenoxy) is 1. The second kappa shape index (κ2) is 8.78. The first kappa shape index (κ1) is 19.7. The Bertz CT molecular complexity index is 833. The second-order valence-corrected chi connectivity index (χ2v) is 7.27. The summed E-state index contributed by atoms with van der Waals surface area (Å²) in [6, 6.07) is 15.5. The zero-order chi connectivity index (χ0) is 20.1. The van der Waals surface area contributed by atoms with Gasteiger partial charge in [0.1, 0.15) is 5.75 Å². The SMILES string of the molecule is COc1cccc(CCN2CC(C(=O)Nc3ccc(N(C)C)cc3)CC2=O)c1. The summed E-state index contributed by atoms with van der Waals surface area (Å²) in [5, 5.41) is 2.93. The number of anilines is 2. The Kier molecular flexibility index (Phi) is 6.19. The third kappa shape index (κ3) is 4.82. The third-order valence-electron chi connectivity index (χ3n) is 5.04. The molecule has 0 radical (unpaired) electrons. The minimum atomic E-state index is -0.314. The van der Waals surface area contributed by atoms with E-state index in [-0.39, 0.29) is 24.2 Å². The summed E-state index contributed by atoms with van der Waals surface area (Å²) in [6.45, 7) is 1.07. The monoisotopic (exact) mass is 381 g/mol. The molecule has 0 bridgehead atoms. The van der Waals surface area contributed by atoms with Crippen molar-refractivity contribution in [3.05, 3.63) is 54.1 Å². The summed E-state index contributed by atoms with van der Waals surface area (Å²) in [5.74, 6) is 0.426. The highest BCUT2D eigenvalue weighted by atomic mass is 16.5. The van der Waals surface area contributed by atoms with Gasteiger partial charge in [-0.25, -0.2) is 0 Å². The van der Waals surface area contributed by atoms with Gasteiger partial charge in [-0.15, -0.1) is 0 Å². The van der Waals surface area contributed by atoms with Crippen molar-refractivity contribution < 1.29 is 14.3 Å². The Morgan fingerprint density at radius 3 is 2.64 bits per heavy atom. The molecule has 2 aromatic carbocycles. The molecule has 0 spiro atoms. The first-order chi connectivity index (χ1) is 13.5. The largest absolute Gasteiger partial charge is 0.497 e. The van der Waals surface area contributed by atoms with Crippen LogP contribution in [0, 0.1) is 5.92 Å². The first-order valence-corrected chi connectivity index (χ1v) is 9.45. The van der Waals surface area contributed by atoms with Gasteiger partial charge in [0.15, 0.2) is 0 Å². The molecule has 0 aromatic heterocycles. The van der Waals surface area contributed by atoms with Crippen LogP contribution >= 0.6 is 0 Å². The molecule has 1 saturated heterocycles. The van der Waals surface area contributed by atoms with Crippen LogP contribution < -0.4 is 15.0 Å². The van der Waals surface area contributed by atoms with Gasteiger partial charge in [0, 0.05) is 45.0 Å². The van der Waals surface area contributed by atoms with Gasteiger partial charge >= 0.3 is 0 Å². The first-order valence-electron chi connectivity index (χ1n) is 9.45. The van der Waals surface area contributed by atoms with Gasteiger partial charge in [0.05, 0.1) is 13.0 Å². The fourth-order valence-corrected chi connectivity index (χ4v) is 3.34. The van der Waals surface area contributed by atoms with Crippen LogP contribution in [-0.4, -0.2) is 51.0 Å². The van der Waals surface area contributed by atoms with Crippen LogP contribution in [0.3, 0.4) is 0 Å². The predicted octanol–water partition coefficient (Wildman–Crippen LogP) is 2.79. The topological polar surface area (TPSA) is 61.9 Å². The number of benzene rings is 2. The lowest BCUT2D eigenvalue weighted by Crippen LogP contribution is -2.30. The van der Waals surface area contributed by atoms with E-state index in [9.17, 15) is 9.59 Å². The van der Waals surface area contributed by atoms with E-state index in [0.717, 1.165) is 29.1 Å². The molecule has 1 N–H and O–H groups in total. The minimum absolute atomic E-state index is 0.0333. The molecule has 28 heavy (non-hydrogen) atoms. The van der Waals surface area contributed by atoms with E-state index >= 15 is 0 Å². The summed E-state index contributed by atoms with van der Waals surface area (Å²) < 4.78 is 5.24. The van der Waals surface area contributed by atoms with Crippen molar-refractivity contribution in [1.82, 2.24) is 4.90 Å². The lowest BCUT2D eigenvalue weighted by atomic mass is 10.1. The van der Waals surface area contributed by atoms with E-state index in [1.807, 2.05) is 67.5 Å². The minimum Gasteiger partial charge on any atom is -0.497 e. The second-order valence-electron chi connectivity index (χ2n) is 7.27. The Balaban J connectivity index is 1.53. The lowest BCUT2D eigenvalue weighted by molar-refractivity contribution is -0.128. The summed E-state index contributed by atoms with van der Waals surface area (Å²) in [5.41, 5.74) is 2.93. The maximum atomic E-state index is 12.6. The number of nitrogens with zero attached hydrogens (tertiary/aromatic N) is 2. The van der Waals surface area contributed by atoms with E-state index in [1.54, 1.807) is 12.0 Å². The number of hydrogen-bond donors (Lipinski definition) is 1. The van der Waals surface area contributed by atoms with Gasteiger partial charge in [-0.05, 0) is 48.4 Å². The molecule has 1 heterocycles. The molecule has 6 nitrogen and oxygen atoms in total. The molecule has 148 valence electrons. The Morgan fingerprint density at radius 1 is 1.21 bits per heavy atom. The molecule has 3 rings (SSSR count). The molecule has 1 unspecified atom stereocenters. The third-order valence-corrected chi connectivity index (χ3v) is 5.04. The smallest absolute Gasteiger partial charge is 0.229 e. The lowest BCUT2D eigenvalue weighted by Gasteiger charge is -2.17. The van der Waals surface area contributed by atoms with E-state index in [1.165, 1.54) is 0 Å². The number of likely N-dealkylation sites (tertiary alicyclic amines) is 1. The van der Waals surface area contributed by atoms with E-state index < -0.39 is 0 Å². The molecule has 1 aliphatic heterocycles. The zero-order valence-electron chi connectivity index (χ0n) is 16.6. The van der Waals surface area contributed by atoms with Gasteiger partial charge in [-0.1, -0.05) is 12.1 Å². The number of carbonyl (C=O) groups excluding carboxylic acids is 2. The molecule has 1 fully saturated rings. The highest BCUT2D eigenvalue weighted by Gasteiger charge is 2.34. The highest BCUT2D eigenvalue weighted by Crippen LogP contribution is 2.22. The van der Waals surface area contributed by atoms with Gasteiger partial charge in [-0.3, -0.25) is 9.59 Å². The van der Waals surface area contributed by atoms with Crippen LogP contribution in [0.5, 0.6) is 5.75 Å². The van der Waals surface area contributed by atoms with Crippen LogP contribution in [0.1, 0.15) is 12.0 Å². The number of hydrogen-bond acceptors (Lipinski definition) is 4. The zero-order valence-corrected chi connectivity index (χ0v) is 16.6. The molecule has 1 atom stereocenters. The molecule has 6 heteroatoms.